The first-order valence-electron chi connectivity index (χ1n) is 10.1. The van der Waals surface area contributed by atoms with Crippen LogP contribution in [0.3, 0.4) is 0 Å². The number of nitrogens with one attached hydrogen (secondary N) is 1. The predicted molar refractivity (Wildman–Crippen MR) is 133 cm³/mol. The van der Waals surface area contributed by atoms with Crippen LogP contribution in [0.25, 0.3) is 0 Å². The molecule has 9 heteroatoms. The number of pyridine rings is 1. The van der Waals surface area contributed by atoms with E-state index in [-0.39, 0.29) is 24.1 Å². The third kappa shape index (κ3) is 7.17. The van der Waals surface area contributed by atoms with Crippen molar-refractivity contribution in [3.63, 3.8) is 0 Å². The van der Waals surface area contributed by atoms with Gasteiger partial charge in [-0.2, -0.15) is 0 Å². The summed E-state index contributed by atoms with van der Waals surface area (Å²) in [6.07, 6.45) is 1.55. The van der Waals surface area contributed by atoms with Crippen LogP contribution in [0.1, 0.15) is 26.4 Å². The first kappa shape index (κ1) is 25.0. The zero-order valence-corrected chi connectivity index (χ0v) is 20.5. The van der Waals surface area contributed by atoms with Crippen molar-refractivity contribution in [3.05, 3.63) is 92.7 Å². The third-order valence-corrected chi connectivity index (χ3v) is 5.46. The number of halogens is 3. The van der Waals surface area contributed by atoms with Crippen molar-refractivity contribution in [2.24, 2.45) is 0 Å². The molecule has 0 aliphatic rings. The number of amides is 2. The van der Waals surface area contributed by atoms with Crippen molar-refractivity contribution in [1.82, 2.24) is 14.8 Å². The van der Waals surface area contributed by atoms with Gasteiger partial charge in [-0.1, -0.05) is 40.9 Å². The van der Waals surface area contributed by atoms with Crippen molar-refractivity contribution in [3.8, 4) is 0 Å². The lowest BCUT2D eigenvalue weighted by Gasteiger charge is -2.26. The van der Waals surface area contributed by atoms with Gasteiger partial charge in [0.1, 0.15) is 5.69 Å². The zero-order chi connectivity index (χ0) is 24.0. The van der Waals surface area contributed by atoms with Crippen molar-refractivity contribution in [1.29, 1.82) is 0 Å². The minimum absolute atomic E-state index is 0.217. The molecular formula is C24H23Cl3N4O2. The maximum absolute atomic E-state index is 13.4. The molecule has 0 bridgehead atoms. The number of likely N-dealkylation sites (N-methyl/N-ethyl adjacent to an activating group) is 1. The molecule has 0 spiro atoms. The molecule has 172 valence electrons. The van der Waals surface area contributed by atoms with Gasteiger partial charge in [-0.25, -0.2) is 0 Å². The predicted octanol–water partition coefficient (Wildman–Crippen LogP) is 5.50. The van der Waals surface area contributed by atoms with Gasteiger partial charge in [0.15, 0.2) is 0 Å². The summed E-state index contributed by atoms with van der Waals surface area (Å²) in [6.45, 7) is 1.29. The maximum atomic E-state index is 13.4. The van der Waals surface area contributed by atoms with Gasteiger partial charge in [-0.3, -0.25) is 14.6 Å². The highest BCUT2D eigenvalue weighted by atomic mass is 35.5. The van der Waals surface area contributed by atoms with Crippen LogP contribution in [0.2, 0.25) is 15.1 Å². The molecule has 0 aliphatic carbocycles. The van der Waals surface area contributed by atoms with Crippen LogP contribution in [0.15, 0.2) is 60.8 Å². The lowest BCUT2D eigenvalue weighted by atomic mass is 10.1. The second kappa shape index (κ2) is 11.5. The average Bonchev–Trinajstić information content (AvgIpc) is 2.77. The Labute approximate surface area is 208 Å². The SMILES string of the molecule is CN(C)CCN(Cc1cc(Cl)ccc1NC(=O)c1ccccn1)C(=O)c1cc(Cl)cc(Cl)c1. The second-order valence-corrected chi connectivity index (χ2v) is 8.97. The molecule has 2 aromatic carbocycles. The molecule has 33 heavy (non-hydrogen) atoms. The summed E-state index contributed by atoms with van der Waals surface area (Å²) >= 11 is 18.5. The van der Waals surface area contributed by atoms with Crippen LogP contribution in [0.5, 0.6) is 0 Å². The van der Waals surface area contributed by atoms with Crippen LogP contribution in [-0.2, 0) is 6.54 Å². The Morgan fingerprint density at radius 3 is 2.27 bits per heavy atom. The molecule has 2 amide bonds. The molecule has 0 radical (unpaired) electrons. The van der Waals surface area contributed by atoms with Gasteiger partial charge in [0.25, 0.3) is 11.8 Å². The van der Waals surface area contributed by atoms with E-state index in [0.717, 1.165) is 0 Å². The quantitative estimate of drug-likeness (QED) is 0.439. The minimum atomic E-state index is -0.355. The number of carbonyl (C=O) groups is 2. The molecule has 0 unspecified atom stereocenters. The first-order chi connectivity index (χ1) is 15.7. The fourth-order valence-electron chi connectivity index (χ4n) is 3.14. The minimum Gasteiger partial charge on any atom is -0.333 e. The fourth-order valence-corrected chi connectivity index (χ4v) is 3.86. The molecule has 0 fully saturated rings. The van der Waals surface area contributed by atoms with E-state index in [1.165, 1.54) is 0 Å². The van der Waals surface area contributed by atoms with Gasteiger partial charge in [0.05, 0.1) is 0 Å². The van der Waals surface area contributed by atoms with E-state index in [4.69, 9.17) is 34.8 Å². The highest BCUT2D eigenvalue weighted by Gasteiger charge is 2.20. The molecule has 1 aromatic heterocycles. The molecule has 3 rings (SSSR count). The van der Waals surface area contributed by atoms with E-state index < -0.39 is 0 Å². The smallest absolute Gasteiger partial charge is 0.274 e. The molecule has 0 saturated carbocycles. The summed E-state index contributed by atoms with van der Waals surface area (Å²) in [5, 5.41) is 4.12. The van der Waals surface area contributed by atoms with Crippen LogP contribution in [0, 0.1) is 0 Å². The van der Waals surface area contributed by atoms with Gasteiger partial charge in [-0.15, -0.1) is 0 Å². The van der Waals surface area contributed by atoms with E-state index in [1.807, 2.05) is 19.0 Å². The second-order valence-electron chi connectivity index (χ2n) is 7.66. The van der Waals surface area contributed by atoms with Crippen molar-refractivity contribution < 1.29 is 9.59 Å². The van der Waals surface area contributed by atoms with Gasteiger partial charge in [-0.05, 0) is 68.2 Å². The number of hydrogen-bond donors (Lipinski definition) is 1. The summed E-state index contributed by atoms with van der Waals surface area (Å²) < 4.78 is 0. The van der Waals surface area contributed by atoms with E-state index in [1.54, 1.807) is 65.7 Å². The third-order valence-electron chi connectivity index (χ3n) is 4.79. The molecule has 1 N–H and O–H groups in total. The number of benzene rings is 2. The first-order valence-corrected chi connectivity index (χ1v) is 11.3. The van der Waals surface area contributed by atoms with E-state index in [9.17, 15) is 9.59 Å². The topological polar surface area (TPSA) is 65.5 Å². The van der Waals surface area contributed by atoms with Crippen LogP contribution < -0.4 is 5.32 Å². The number of hydrogen-bond acceptors (Lipinski definition) is 4. The summed E-state index contributed by atoms with van der Waals surface area (Å²) in [5.74, 6) is -0.588. The zero-order valence-electron chi connectivity index (χ0n) is 18.2. The average molecular weight is 506 g/mol. The summed E-state index contributed by atoms with van der Waals surface area (Å²) in [4.78, 5) is 33.8. The lowest BCUT2D eigenvalue weighted by Crippen LogP contribution is -2.36. The fraction of sp³-hybridized carbons (Fsp3) is 0.208. The van der Waals surface area contributed by atoms with Gasteiger partial charge >= 0.3 is 0 Å². The molecule has 3 aromatic rings. The Bertz CT molecular complexity index is 1120. The molecule has 6 nitrogen and oxygen atoms in total. The number of carbonyl (C=O) groups excluding carboxylic acids is 2. The van der Waals surface area contributed by atoms with Crippen molar-refractivity contribution >= 4 is 52.3 Å². The van der Waals surface area contributed by atoms with E-state index in [2.05, 4.69) is 10.3 Å². The maximum Gasteiger partial charge on any atom is 0.274 e. The van der Waals surface area contributed by atoms with Crippen LogP contribution >= 0.6 is 34.8 Å². The molecule has 0 atom stereocenters. The number of nitrogens with zero attached hydrogens (tertiary/aromatic N) is 3. The number of aromatic nitrogens is 1. The monoisotopic (exact) mass is 504 g/mol. The normalized spacial score (nSPS) is 10.8. The molecule has 0 saturated heterocycles. The Morgan fingerprint density at radius 2 is 1.64 bits per heavy atom. The van der Waals surface area contributed by atoms with E-state index in [0.29, 0.717) is 45.0 Å². The van der Waals surface area contributed by atoms with Gasteiger partial charge in [0, 0.05) is 52.1 Å². The number of anilines is 1. The summed E-state index contributed by atoms with van der Waals surface area (Å²) in [5.41, 5.74) is 1.90. The number of rotatable bonds is 8. The Kier molecular flexibility index (Phi) is 8.69. The molecular weight excluding hydrogens is 483 g/mol. The molecule has 0 aliphatic heterocycles. The Morgan fingerprint density at radius 1 is 0.909 bits per heavy atom. The van der Waals surface area contributed by atoms with Crippen molar-refractivity contribution in [2.75, 3.05) is 32.5 Å². The van der Waals surface area contributed by atoms with Crippen LogP contribution in [0.4, 0.5) is 5.69 Å². The Hall–Kier alpha value is -2.64. The molecule has 1 heterocycles. The van der Waals surface area contributed by atoms with Gasteiger partial charge in [0.2, 0.25) is 0 Å². The van der Waals surface area contributed by atoms with Crippen LogP contribution in [-0.4, -0.2) is 53.8 Å². The largest absolute Gasteiger partial charge is 0.333 e. The highest BCUT2D eigenvalue weighted by Crippen LogP contribution is 2.25. The van der Waals surface area contributed by atoms with Gasteiger partial charge < -0.3 is 15.1 Å². The standard InChI is InChI=1S/C24H23Cl3N4O2/c1-30(2)9-10-31(24(33)16-11-19(26)14-20(27)12-16)15-17-13-18(25)6-7-21(17)29-23(32)22-5-3-4-8-28-22/h3-8,11-14H,9-10,15H2,1-2H3,(H,29,32). The van der Waals surface area contributed by atoms with E-state index >= 15 is 0 Å². The lowest BCUT2D eigenvalue weighted by molar-refractivity contribution is 0.0732. The Balaban J connectivity index is 1.90. The summed E-state index contributed by atoms with van der Waals surface area (Å²) in [6, 6.07) is 15.0. The summed E-state index contributed by atoms with van der Waals surface area (Å²) in [7, 11) is 3.85. The highest BCUT2D eigenvalue weighted by molar-refractivity contribution is 6.35. The van der Waals surface area contributed by atoms with Crippen molar-refractivity contribution in [2.45, 2.75) is 6.54 Å².